The van der Waals surface area contributed by atoms with E-state index < -0.39 is 23.8 Å². The van der Waals surface area contributed by atoms with Crippen LogP contribution in [0.5, 0.6) is 11.5 Å². The molecular formula is C31H29N3O5. The van der Waals surface area contributed by atoms with Crippen LogP contribution in [-0.4, -0.2) is 36.0 Å². The van der Waals surface area contributed by atoms with Crippen molar-refractivity contribution in [3.63, 3.8) is 0 Å². The molecule has 0 saturated heterocycles. The Balaban J connectivity index is 1.54. The van der Waals surface area contributed by atoms with Crippen LogP contribution in [0.3, 0.4) is 0 Å². The predicted molar refractivity (Wildman–Crippen MR) is 150 cm³/mol. The quantitative estimate of drug-likeness (QED) is 0.248. The summed E-state index contributed by atoms with van der Waals surface area (Å²) in [6.07, 6.45) is 0.185. The number of nitrogens with one attached hydrogen (secondary N) is 3. The lowest BCUT2D eigenvalue weighted by Crippen LogP contribution is -2.45. The minimum atomic E-state index is -0.936. The van der Waals surface area contributed by atoms with E-state index in [4.69, 9.17) is 4.74 Å². The Bertz CT molecular complexity index is 1450. The number of aryl methyl sites for hydroxylation is 1. The summed E-state index contributed by atoms with van der Waals surface area (Å²) in [5.74, 6) is -0.598. The van der Waals surface area contributed by atoms with Gasteiger partial charge in [0.1, 0.15) is 17.5 Å². The molecule has 0 aliphatic heterocycles. The van der Waals surface area contributed by atoms with E-state index >= 15 is 0 Å². The van der Waals surface area contributed by atoms with Gasteiger partial charge < -0.3 is 25.8 Å². The van der Waals surface area contributed by atoms with Crippen LogP contribution in [0.1, 0.15) is 31.8 Å². The molecule has 3 amide bonds. The molecule has 1 atom stereocenters. The number of ether oxygens (including phenoxy) is 1. The first-order chi connectivity index (χ1) is 18.8. The first-order valence-electron chi connectivity index (χ1n) is 12.3. The van der Waals surface area contributed by atoms with E-state index in [2.05, 4.69) is 16.0 Å². The molecule has 0 radical (unpaired) electrons. The summed E-state index contributed by atoms with van der Waals surface area (Å²) >= 11 is 0. The lowest BCUT2D eigenvalue weighted by atomic mass is 10.0. The van der Waals surface area contributed by atoms with Crippen LogP contribution in [0.2, 0.25) is 0 Å². The van der Waals surface area contributed by atoms with Crippen molar-refractivity contribution in [2.45, 2.75) is 19.4 Å². The molecule has 4 aromatic carbocycles. The fraction of sp³-hybridized carbons (Fsp3) is 0.129. The zero-order valence-electron chi connectivity index (χ0n) is 21.6. The van der Waals surface area contributed by atoms with Crippen LogP contribution in [0.15, 0.2) is 97.1 Å². The zero-order chi connectivity index (χ0) is 27.8. The monoisotopic (exact) mass is 523 g/mol. The fourth-order valence-corrected chi connectivity index (χ4v) is 3.91. The molecule has 0 saturated carbocycles. The highest BCUT2D eigenvalue weighted by Crippen LogP contribution is 2.19. The lowest BCUT2D eigenvalue weighted by Gasteiger charge is -2.20. The van der Waals surface area contributed by atoms with E-state index in [1.54, 1.807) is 79.9 Å². The van der Waals surface area contributed by atoms with E-state index in [-0.39, 0.29) is 17.7 Å². The summed E-state index contributed by atoms with van der Waals surface area (Å²) < 4.78 is 5.14. The average Bonchev–Trinajstić information content (AvgIpc) is 2.95. The maximum Gasteiger partial charge on any atom is 0.255 e. The number of anilines is 2. The average molecular weight is 524 g/mol. The minimum absolute atomic E-state index is 0.102. The van der Waals surface area contributed by atoms with Gasteiger partial charge >= 0.3 is 0 Å². The third-order valence-corrected chi connectivity index (χ3v) is 6.09. The first-order valence-corrected chi connectivity index (χ1v) is 12.3. The maximum absolute atomic E-state index is 13.4. The standard InChI is InChI=1S/C31H29N3O5/c1-20-7-13-23(14-8-20)32-31(38)28(19-21-9-15-24(35)16-10-21)34-30(37)26-5-3-4-6-27(26)33-29(36)22-11-17-25(39-2)18-12-22/h3-18,28,35H,19H2,1-2H3,(H,32,38)(H,33,36)(H,34,37). The number of rotatable bonds is 9. The predicted octanol–water partition coefficient (Wildman–Crippen LogP) is 4.94. The number of carbonyl (C=O) groups excluding carboxylic acids is 3. The van der Waals surface area contributed by atoms with Crippen LogP contribution < -0.4 is 20.7 Å². The molecule has 4 rings (SSSR count). The SMILES string of the molecule is COc1ccc(C(=O)Nc2ccccc2C(=O)NC(Cc2ccc(O)cc2)C(=O)Nc2ccc(C)cc2)cc1. The largest absolute Gasteiger partial charge is 0.508 e. The molecular weight excluding hydrogens is 494 g/mol. The van der Waals surface area contributed by atoms with Crippen molar-refractivity contribution in [3.8, 4) is 11.5 Å². The van der Waals surface area contributed by atoms with Crippen molar-refractivity contribution in [3.05, 3.63) is 119 Å². The van der Waals surface area contributed by atoms with Crippen LogP contribution >= 0.6 is 0 Å². The maximum atomic E-state index is 13.4. The molecule has 198 valence electrons. The van der Waals surface area contributed by atoms with Crippen LogP contribution in [0.25, 0.3) is 0 Å². The number of amides is 3. The van der Waals surface area contributed by atoms with Gasteiger partial charge in [0.05, 0.1) is 18.4 Å². The number of aromatic hydroxyl groups is 1. The van der Waals surface area contributed by atoms with Crippen molar-refractivity contribution in [2.24, 2.45) is 0 Å². The second-order valence-electron chi connectivity index (χ2n) is 8.98. The van der Waals surface area contributed by atoms with Crippen molar-refractivity contribution >= 4 is 29.1 Å². The van der Waals surface area contributed by atoms with Gasteiger partial charge in [0.15, 0.2) is 0 Å². The Morgan fingerprint density at radius 2 is 1.46 bits per heavy atom. The van der Waals surface area contributed by atoms with Crippen molar-refractivity contribution in [2.75, 3.05) is 17.7 Å². The van der Waals surface area contributed by atoms with Crippen LogP contribution in [0, 0.1) is 6.92 Å². The van der Waals surface area contributed by atoms with Gasteiger partial charge in [-0.25, -0.2) is 0 Å². The Labute approximate surface area is 226 Å². The van der Waals surface area contributed by atoms with Gasteiger partial charge in [0.25, 0.3) is 11.8 Å². The Morgan fingerprint density at radius 3 is 2.13 bits per heavy atom. The Kier molecular flexibility index (Phi) is 8.58. The zero-order valence-corrected chi connectivity index (χ0v) is 21.6. The number of benzene rings is 4. The highest BCUT2D eigenvalue weighted by molar-refractivity contribution is 6.10. The molecule has 0 spiro atoms. The van der Waals surface area contributed by atoms with E-state index in [1.165, 1.54) is 12.1 Å². The van der Waals surface area contributed by atoms with E-state index in [0.29, 0.717) is 22.7 Å². The summed E-state index contributed by atoms with van der Waals surface area (Å²) in [4.78, 5) is 39.6. The molecule has 4 aromatic rings. The molecule has 0 aliphatic carbocycles. The first kappa shape index (κ1) is 26.9. The molecule has 39 heavy (non-hydrogen) atoms. The fourth-order valence-electron chi connectivity index (χ4n) is 3.91. The molecule has 0 fully saturated rings. The van der Waals surface area contributed by atoms with Gasteiger partial charge in [0.2, 0.25) is 5.91 Å². The number of hydrogen-bond acceptors (Lipinski definition) is 5. The van der Waals surface area contributed by atoms with Crippen molar-refractivity contribution in [1.82, 2.24) is 5.32 Å². The molecule has 8 nitrogen and oxygen atoms in total. The molecule has 0 bridgehead atoms. The number of phenolic OH excluding ortho intramolecular Hbond substituents is 1. The van der Waals surface area contributed by atoms with Gasteiger partial charge in [-0.05, 0) is 73.2 Å². The Morgan fingerprint density at radius 1 is 0.795 bits per heavy atom. The summed E-state index contributed by atoms with van der Waals surface area (Å²) in [7, 11) is 1.54. The number of para-hydroxylation sites is 1. The normalized spacial score (nSPS) is 11.2. The molecule has 0 aromatic heterocycles. The third kappa shape index (κ3) is 7.23. The highest BCUT2D eigenvalue weighted by Gasteiger charge is 2.24. The minimum Gasteiger partial charge on any atom is -0.508 e. The van der Waals surface area contributed by atoms with E-state index in [0.717, 1.165) is 11.1 Å². The topological polar surface area (TPSA) is 117 Å². The summed E-state index contributed by atoms with van der Waals surface area (Å²) in [5.41, 5.74) is 3.31. The molecule has 8 heteroatoms. The van der Waals surface area contributed by atoms with Gasteiger partial charge in [-0.2, -0.15) is 0 Å². The van der Waals surface area contributed by atoms with E-state index in [9.17, 15) is 19.5 Å². The second-order valence-corrected chi connectivity index (χ2v) is 8.98. The molecule has 1 unspecified atom stereocenters. The third-order valence-electron chi connectivity index (χ3n) is 6.09. The van der Waals surface area contributed by atoms with Crippen LogP contribution in [0.4, 0.5) is 11.4 Å². The van der Waals surface area contributed by atoms with Crippen molar-refractivity contribution < 1.29 is 24.2 Å². The smallest absolute Gasteiger partial charge is 0.255 e. The lowest BCUT2D eigenvalue weighted by molar-refractivity contribution is -0.118. The van der Waals surface area contributed by atoms with Gasteiger partial charge in [-0.15, -0.1) is 0 Å². The van der Waals surface area contributed by atoms with Crippen LogP contribution in [-0.2, 0) is 11.2 Å². The van der Waals surface area contributed by atoms with Gasteiger partial charge in [-0.3, -0.25) is 14.4 Å². The molecule has 0 heterocycles. The second kappa shape index (κ2) is 12.4. The summed E-state index contributed by atoms with van der Waals surface area (Å²) in [6, 6.07) is 26.0. The van der Waals surface area contributed by atoms with Gasteiger partial charge in [-0.1, -0.05) is 42.0 Å². The van der Waals surface area contributed by atoms with E-state index in [1.807, 2.05) is 19.1 Å². The number of hydrogen-bond donors (Lipinski definition) is 4. The number of phenols is 1. The molecule has 4 N–H and O–H groups in total. The highest BCUT2D eigenvalue weighted by atomic mass is 16.5. The number of carbonyl (C=O) groups is 3. The molecule has 0 aliphatic rings. The Hall–Kier alpha value is -5.11. The van der Waals surface area contributed by atoms with Gasteiger partial charge in [0, 0.05) is 17.7 Å². The van der Waals surface area contributed by atoms with Crippen molar-refractivity contribution in [1.29, 1.82) is 0 Å². The summed E-state index contributed by atoms with van der Waals surface area (Å²) in [5, 5.41) is 18.1. The summed E-state index contributed by atoms with van der Waals surface area (Å²) in [6.45, 7) is 1.95. The number of methoxy groups -OCH3 is 1.